The van der Waals surface area contributed by atoms with E-state index in [1.807, 2.05) is 13.0 Å². The van der Waals surface area contributed by atoms with Gasteiger partial charge in [0.2, 0.25) is 10.0 Å². The molecule has 0 atom stereocenters. The van der Waals surface area contributed by atoms with Gasteiger partial charge in [-0.25, -0.2) is 13.2 Å². The molecule has 1 saturated heterocycles. The van der Waals surface area contributed by atoms with Crippen molar-refractivity contribution in [2.75, 3.05) is 32.8 Å². The van der Waals surface area contributed by atoms with Gasteiger partial charge in [-0.2, -0.15) is 4.31 Å². The Morgan fingerprint density at radius 3 is 2.34 bits per heavy atom. The molecule has 2 heterocycles. The van der Waals surface area contributed by atoms with Crippen LogP contribution in [-0.4, -0.2) is 66.9 Å². The van der Waals surface area contributed by atoms with Gasteiger partial charge in [0.15, 0.2) is 6.61 Å². The van der Waals surface area contributed by atoms with Crippen LogP contribution in [0.2, 0.25) is 0 Å². The van der Waals surface area contributed by atoms with E-state index in [2.05, 4.69) is 0 Å². The number of hydrogen-bond acceptors (Lipinski definition) is 5. The Hall–Kier alpha value is -2.65. The molecule has 29 heavy (non-hydrogen) atoms. The van der Waals surface area contributed by atoms with Crippen molar-refractivity contribution in [1.82, 2.24) is 13.8 Å². The fraction of sp³-hybridized carbons (Fsp3) is 0.400. The van der Waals surface area contributed by atoms with E-state index in [0.29, 0.717) is 16.2 Å². The lowest BCUT2D eigenvalue weighted by Crippen LogP contribution is -2.51. The molecule has 8 nitrogen and oxygen atoms in total. The Balaban J connectivity index is 1.56. The van der Waals surface area contributed by atoms with E-state index >= 15 is 0 Å². The fourth-order valence-corrected chi connectivity index (χ4v) is 5.00. The zero-order chi connectivity index (χ0) is 21.2. The van der Waals surface area contributed by atoms with Crippen molar-refractivity contribution in [2.24, 2.45) is 7.05 Å². The Morgan fingerprint density at radius 1 is 1.07 bits per heavy atom. The molecule has 2 aromatic rings. The lowest BCUT2D eigenvalue weighted by atomic mass is 10.2. The highest BCUT2D eigenvalue weighted by molar-refractivity contribution is 7.89. The Bertz CT molecular complexity index is 1020. The number of ether oxygens (including phenoxy) is 1. The van der Waals surface area contributed by atoms with Crippen molar-refractivity contribution in [2.45, 2.75) is 18.7 Å². The van der Waals surface area contributed by atoms with Crippen molar-refractivity contribution in [1.29, 1.82) is 0 Å². The van der Waals surface area contributed by atoms with Crippen LogP contribution in [-0.2, 0) is 26.6 Å². The largest absolute Gasteiger partial charge is 0.451 e. The highest BCUT2D eigenvalue weighted by Gasteiger charge is 2.31. The molecule has 0 aliphatic carbocycles. The van der Waals surface area contributed by atoms with Crippen LogP contribution < -0.4 is 0 Å². The van der Waals surface area contributed by atoms with Gasteiger partial charge in [-0.05, 0) is 37.6 Å². The molecule has 0 N–H and O–H groups in total. The molecule has 0 radical (unpaired) electrons. The van der Waals surface area contributed by atoms with Gasteiger partial charge in [0.1, 0.15) is 5.69 Å². The van der Waals surface area contributed by atoms with Crippen LogP contribution in [0.3, 0.4) is 0 Å². The highest BCUT2D eigenvalue weighted by atomic mass is 32.2. The van der Waals surface area contributed by atoms with Crippen LogP contribution in [0.1, 0.15) is 21.6 Å². The van der Waals surface area contributed by atoms with Gasteiger partial charge in [0.05, 0.1) is 4.90 Å². The van der Waals surface area contributed by atoms with Crippen LogP contribution in [0.4, 0.5) is 0 Å². The second kappa shape index (κ2) is 8.38. The van der Waals surface area contributed by atoms with Gasteiger partial charge >= 0.3 is 5.97 Å². The highest BCUT2D eigenvalue weighted by Crippen LogP contribution is 2.22. The van der Waals surface area contributed by atoms with E-state index in [4.69, 9.17) is 4.74 Å². The molecule has 0 saturated carbocycles. The summed E-state index contributed by atoms with van der Waals surface area (Å²) in [5.74, 6) is -0.905. The summed E-state index contributed by atoms with van der Waals surface area (Å²) in [5, 5.41) is 0. The first kappa shape index (κ1) is 21.1. The molecule has 0 bridgehead atoms. The van der Waals surface area contributed by atoms with Crippen LogP contribution in [0.5, 0.6) is 0 Å². The summed E-state index contributed by atoms with van der Waals surface area (Å²) in [6, 6.07) is 8.58. The molecule has 1 aliphatic heterocycles. The molecule has 1 aliphatic rings. The van der Waals surface area contributed by atoms with Crippen molar-refractivity contribution in [3.8, 4) is 0 Å². The van der Waals surface area contributed by atoms with Gasteiger partial charge in [0.25, 0.3) is 5.91 Å². The first-order chi connectivity index (χ1) is 13.7. The van der Waals surface area contributed by atoms with Gasteiger partial charge in [-0.3, -0.25) is 4.79 Å². The maximum absolute atomic E-state index is 12.9. The molecule has 9 heteroatoms. The molecule has 0 unspecified atom stereocenters. The lowest BCUT2D eigenvalue weighted by molar-refractivity contribution is -0.135. The SMILES string of the molecule is Cc1ccc(S(=O)(=O)N2CCN(C(=O)COC(=O)c3cccn3C)CC2)c(C)c1. The second-order valence-electron chi connectivity index (χ2n) is 7.13. The molecule has 1 amide bonds. The first-order valence-corrected chi connectivity index (χ1v) is 10.8. The lowest BCUT2D eigenvalue weighted by Gasteiger charge is -2.34. The van der Waals surface area contributed by atoms with E-state index < -0.39 is 16.0 Å². The summed E-state index contributed by atoms with van der Waals surface area (Å²) in [5.41, 5.74) is 2.07. The Labute approximate surface area is 170 Å². The molecular formula is C20H25N3O5S. The molecule has 3 rings (SSSR count). The molecule has 1 aromatic carbocycles. The topological polar surface area (TPSA) is 88.9 Å². The van der Waals surface area contributed by atoms with Crippen molar-refractivity contribution < 1.29 is 22.7 Å². The summed E-state index contributed by atoms with van der Waals surface area (Å²) >= 11 is 0. The quantitative estimate of drug-likeness (QED) is 0.683. The molecule has 1 fully saturated rings. The summed E-state index contributed by atoms with van der Waals surface area (Å²) < 4.78 is 33.9. The number of sulfonamides is 1. The van der Waals surface area contributed by atoms with Crippen molar-refractivity contribution in [3.63, 3.8) is 0 Å². The van der Waals surface area contributed by atoms with E-state index in [1.165, 1.54) is 9.21 Å². The number of amides is 1. The maximum atomic E-state index is 12.9. The Kier molecular flexibility index (Phi) is 6.09. The van der Waals surface area contributed by atoms with Crippen LogP contribution in [0.25, 0.3) is 0 Å². The Morgan fingerprint density at radius 2 is 1.76 bits per heavy atom. The summed E-state index contributed by atoms with van der Waals surface area (Å²) in [7, 11) is -1.90. The van der Waals surface area contributed by atoms with E-state index in [-0.39, 0.29) is 38.7 Å². The average Bonchev–Trinajstić information content (AvgIpc) is 3.11. The third kappa shape index (κ3) is 4.51. The first-order valence-electron chi connectivity index (χ1n) is 9.34. The number of esters is 1. The third-order valence-electron chi connectivity index (χ3n) is 5.02. The predicted octanol–water partition coefficient (Wildman–Crippen LogP) is 1.33. The van der Waals surface area contributed by atoms with E-state index in [0.717, 1.165) is 5.56 Å². The number of hydrogen-bond donors (Lipinski definition) is 0. The number of carbonyl (C=O) groups excluding carboxylic acids is 2. The van der Waals surface area contributed by atoms with Crippen LogP contribution in [0, 0.1) is 13.8 Å². The van der Waals surface area contributed by atoms with E-state index in [1.54, 1.807) is 49.0 Å². The number of rotatable bonds is 5. The minimum Gasteiger partial charge on any atom is -0.451 e. The van der Waals surface area contributed by atoms with E-state index in [9.17, 15) is 18.0 Å². The number of benzene rings is 1. The minimum absolute atomic E-state index is 0.202. The number of aromatic nitrogens is 1. The van der Waals surface area contributed by atoms with Crippen molar-refractivity contribution >= 4 is 21.9 Å². The standard InChI is InChI=1S/C20H25N3O5S/c1-15-6-7-18(16(2)13-15)29(26,27)23-11-9-22(10-12-23)19(24)14-28-20(25)17-5-4-8-21(17)3/h4-8,13H,9-12,14H2,1-3H3. The smallest absolute Gasteiger partial charge is 0.355 e. The van der Waals surface area contributed by atoms with Crippen molar-refractivity contribution in [3.05, 3.63) is 53.3 Å². The van der Waals surface area contributed by atoms with Gasteiger partial charge in [0, 0.05) is 39.4 Å². The van der Waals surface area contributed by atoms with Gasteiger partial charge < -0.3 is 14.2 Å². The zero-order valence-corrected chi connectivity index (χ0v) is 17.6. The monoisotopic (exact) mass is 419 g/mol. The summed E-state index contributed by atoms with van der Waals surface area (Å²) in [6.07, 6.45) is 1.72. The number of piperazine rings is 1. The number of carbonyl (C=O) groups is 2. The van der Waals surface area contributed by atoms with Crippen LogP contribution in [0.15, 0.2) is 41.4 Å². The normalized spacial score (nSPS) is 15.3. The fourth-order valence-electron chi connectivity index (χ4n) is 3.37. The molecule has 156 valence electrons. The van der Waals surface area contributed by atoms with Gasteiger partial charge in [-0.1, -0.05) is 17.7 Å². The maximum Gasteiger partial charge on any atom is 0.355 e. The zero-order valence-electron chi connectivity index (χ0n) is 16.8. The third-order valence-corrected chi connectivity index (χ3v) is 7.08. The average molecular weight is 420 g/mol. The van der Waals surface area contributed by atoms with Crippen LogP contribution >= 0.6 is 0 Å². The molecular weight excluding hydrogens is 394 g/mol. The summed E-state index contributed by atoms with van der Waals surface area (Å²) in [6.45, 7) is 4.24. The summed E-state index contributed by atoms with van der Waals surface area (Å²) in [4.78, 5) is 26.2. The number of aryl methyl sites for hydroxylation is 3. The predicted molar refractivity (Wildman–Crippen MR) is 107 cm³/mol. The minimum atomic E-state index is -3.61. The molecule has 0 spiro atoms. The second-order valence-corrected chi connectivity index (χ2v) is 9.04. The number of nitrogens with zero attached hydrogens (tertiary/aromatic N) is 3. The molecule has 1 aromatic heterocycles. The van der Waals surface area contributed by atoms with Gasteiger partial charge in [-0.15, -0.1) is 0 Å².